The van der Waals surface area contributed by atoms with Gasteiger partial charge in [-0.2, -0.15) is 14.8 Å². The summed E-state index contributed by atoms with van der Waals surface area (Å²) in [6.07, 6.45) is 8.38. The van der Waals surface area contributed by atoms with E-state index in [2.05, 4.69) is 36.2 Å². The van der Waals surface area contributed by atoms with Crippen LogP contribution in [0.2, 0.25) is 0 Å². The van der Waals surface area contributed by atoms with Crippen LogP contribution in [0, 0.1) is 17.3 Å². The molecule has 0 unspecified atom stereocenters. The van der Waals surface area contributed by atoms with Crippen molar-refractivity contribution in [2.45, 2.75) is 18.8 Å². The average molecular weight is 443 g/mol. The maximum Gasteiger partial charge on any atom is 0.224 e. The van der Waals surface area contributed by atoms with Crippen molar-refractivity contribution >= 4 is 5.69 Å². The van der Waals surface area contributed by atoms with Gasteiger partial charge in [0.25, 0.3) is 0 Å². The van der Waals surface area contributed by atoms with Crippen LogP contribution in [0.5, 0.6) is 0 Å². The summed E-state index contributed by atoms with van der Waals surface area (Å²) in [7, 11) is 3.70. The molecule has 1 fully saturated rings. The summed E-state index contributed by atoms with van der Waals surface area (Å²) in [5.74, 6) is 0.501. The molecule has 0 saturated carbocycles. The van der Waals surface area contributed by atoms with Crippen LogP contribution in [0.3, 0.4) is 0 Å². The zero-order valence-electron chi connectivity index (χ0n) is 18.4. The molecular formula is C23H22FN9. The van der Waals surface area contributed by atoms with Gasteiger partial charge in [-0.3, -0.25) is 9.67 Å². The van der Waals surface area contributed by atoms with Crippen LogP contribution in [0.25, 0.3) is 22.5 Å². The van der Waals surface area contributed by atoms with Crippen molar-refractivity contribution in [3.63, 3.8) is 0 Å². The highest BCUT2D eigenvalue weighted by atomic mass is 19.1. The Bertz CT molecular complexity index is 1330. The Morgan fingerprint density at radius 3 is 2.61 bits per heavy atom. The average Bonchev–Trinajstić information content (AvgIpc) is 3.47. The Labute approximate surface area is 190 Å². The summed E-state index contributed by atoms with van der Waals surface area (Å²) < 4.78 is 18.9. The maximum atomic E-state index is 15.3. The minimum absolute atomic E-state index is 0.121. The van der Waals surface area contributed by atoms with E-state index in [1.54, 1.807) is 48.8 Å². The Hall–Kier alpha value is -4.13. The lowest BCUT2D eigenvalue weighted by Crippen LogP contribution is -2.35. The lowest BCUT2D eigenvalue weighted by Gasteiger charge is -2.35. The molecule has 0 amide bonds. The first-order valence-electron chi connectivity index (χ1n) is 10.7. The van der Waals surface area contributed by atoms with Gasteiger partial charge in [-0.15, -0.1) is 10.2 Å². The fourth-order valence-electron chi connectivity index (χ4n) is 4.47. The molecule has 0 spiro atoms. The summed E-state index contributed by atoms with van der Waals surface area (Å²) in [5.41, 5.74) is 2.42. The Kier molecular flexibility index (Phi) is 5.30. The van der Waals surface area contributed by atoms with E-state index in [1.165, 1.54) is 0 Å². The summed E-state index contributed by atoms with van der Waals surface area (Å²) >= 11 is 0. The lowest BCUT2D eigenvalue weighted by molar-refractivity contribution is 0.473. The lowest BCUT2D eigenvalue weighted by atomic mass is 9.93. The third-order valence-electron chi connectivity index (χ3n) is 6.07. The number of nitrogens with zero attached hydrogens (tertiary/aromatic N) is 9. The Morgan fingerprint density at radius 2 is 2.00 bits per heavy atom. The molecule has 1 aliphatic rings. The van der Waals surface area contributed by atoms with E-state index in [1.807, 2.05) is 17.7 Å². The van der Waals surface area contributed by atoms with E-state index in [4.69, 9.17) is 0 Å². The molecule has 0 radical (unpaired) electrons. The van der Waals surface area contributed by atoms with Crippen LogP contribution in [0.15, 0.2) is 43.1 Å². The molecule has 10 heteroatoms. The molecule has 4 aromatic heterocycles. The van der Waals surface area contributed by atoms with Crippen molar-refractivity contribution in [1.82, 2.24) is 34.5 Å². The number of nitriles is 1. The first kappa shape index (κ1) is 20.8. The number of halogens is 1. The first-order chi connectivity index (χ1) is 16.1. The van der Waals surface area contributed by atoms with Gasteiger partial charge in [-0.1, -0.05) is 0 Å². The highest BCUT2D eigenvalue weighted by molar-refractivity contribution is 5.86. The summed E-state index contributed by atoms with van der Waals surface area (Å²) in [4.78, 5) is 10.6. The van der Waals surface area contributed by atoms with Crippen LogP contribution in [0.4, 0.5) is 10.1 Å². The van der Waals surface area contributed by atoms with E-state index >= 15 is 4.39 Å². The van der Waals surface area contributed by atoms with Gasteiger partial charge in [-0.25, -0.2) is 4.98 Å². The van der Waals surface area contributed by atoms with Crippen LogP contribution < -0.4 is 4.90 Å². The molecule has 9 nitrogen and oxygen atoms in total. The van der Waals surface area contributed by atoms with Crippen molar-refractivity contribution < 1.29 is 4.39 Å². The Morgan fingerprint density at radius 1 is 1.18 bits per heavy atom. The third-order valence-corrected chi connectivity index (χ3v) is 6.07. The van der Waals surface area contributed by atoms with Crippen LogP contribution in [0.1, 0.15) is 30.1 Å². The number of rotatable bonds is 4. The number of hydrogen-bond donors (Lipinski definition) is 0. The minimum atomic E-state index is -0.721. The molecule has 33 heavy (non-hydrogen) atoms. The molecule has 166 valence electrons. The minimum Gasteiger partial charge on any atom is -0.369 e. The quantitative estimate of drug-likeness (QED) is 0.447. The predicted molar refractivity (Wildman–Crippen MR) is 120 cm³/mol. The van der Waals surface area contributed by atoms with Gasteiger partial charge < -0.3 is 9.47 Å². The molecule has 0 aromatic carbocycles. The van der Waals surface area contributed by atoms with Crippen LogP contribution in [-0.4, -0.2) is 47.6 Å². The topological polar surface area (TPSA) is 101 Å². The SMILES string of the molecule is Cn1ccc(-c2c(F)nc(-c3cccnc3)c(N3CCC(c4nncn4C)CC3)c2C#N)n1. The molecule has 5 rings (SSSR count). The van der Waals surface area contributed by atoms with Gasteiger partial charge in [0, 0.05) is 57.3 Å². The molecule has 0 bridgehead atoms. The standard InChI is InChI=1S/C23H22FN9/c1-31-14-27-29-23(31)15-5-10-33(11-6-15)21-17(12-25)19(18-7-9-32(2)30-18)22(24)28-20(21)16-4-3-8-26-13-16/h3-4,7-9,13-15H,5-6,10-11H2,1-2H3. The summed E-state index contributed by atoms with van der Waals surface area (Å²) in [5, 5.41) is 22.8. The molecule has 0 atom stereocenters. The third kappa shape index (κ3) is 3.71. The number of aryl methyl sites for hydroxylation is 2. The second-order valence-electron chi connectivity index (χ2n) is 8.14. The second-order valence-corrected chi connectivity index (χ2v) is 8.14. The number of anilines is 1. The summed E-state index contributed by atoms with van der Waals surface area (Å²) in [6.45, 7) is 1.35. The van der Waals surface area contributed by atoms with Gasteiger partial charge in [0.05, 0.1) is 28.2 Å². The zero-order chi connectivity index (χ0) is 22.9. The van der Waals surface area contributed by atoms with E-state index in [0.29, 0.717) is 35.7 Å². The van der Waals surface area contributed by atoms with E-state index < -0.39 is 5.95 Å². The van der Waals surface area contributed by atoms with Crippen molar-refractivity contribution in [2.24, 2.45) is 14.1 Å². The zero-order valence-corrected chi connectivity index (χ0v) is 18.4. The first-order valence-corrected chi connectivity index (χ1v) is 10.7. The number of aromatic nitrogens is 7. The second kappa shape index (κ2) is 8.43. The fourth-order valence-corrected chi connectivity index (χ4v) is 4.47. The van der Waals surface area contributed by atoms with Gasteiger partial charge in [0.15, 0.2) is 0 Å². The molecule has 1 saturated heterocycles. The van der Waals surface area contributed by atoms with E-state index in [9.17, 15) is 5.26 Å². The van der Waals surface area contributed by atoms with Crippen molar-refractivity contribution in [1.29, 1.82) is 5.26 Å². The normalized spacial score (nSPS) is 14.4. The van der Waals surface area contributed by atoms with Gasteiger partial charge in [0.1, 0.15) is 18.2 Å². The number of piperidine rings is 1. The molecule has 0 aliphatic carbocycles. The molecule has 0 N–H and O–H groups in total. The fraction of sp³-hybridized carbons (Fsp3) is 0.304. The van der Waals surface area contributed by atoms with Gasteiger partial charge in [-0.05, 0) is 31.0 Å². The highest BCUT2D eigenvalue weighted by Gasteiger charge is 2.31. The van der Waals surface area contributed by atoms with Gasteiger partial charge >= 0.3 is 0 Å². The molecular weight excluding hydrogens is 421 g/mol. The Balaban J connectivity index is 1.62. The molecule has 5 heterocycles. The van der Waals surface area contributed by atoms with Crippen molar-refractivity contribution in [3.8, 4) is 28.6 Å². The molecule has 4 aromatic rings. The maximum absolute atomic E-state index is 15.3. The van der Waals surface area contributed by atoms with Crippen molar-refractivity contribution in [2.75, 3.05) is 18.0 Å². The monoisotopic (exact) mass is 443 g/mol. The van der Waals surface area contributed by atoms with Gasteiger partial charge in [0.2, 0.25) is 5.95 Å². The number of pyridine rings is 2. The molecule has 1 aliphatic heterocycles. The van der Waals surface area contributed by atoms with Crippen LogP contribution in [-0.2, 0) is 14.1 Å². The predicted octanol–water partition coefficient (Wildman–Crippen LogP) is 3.07. The van der Waals surface area contributed by atoms with E-state index in [0.717, 1.165) is 18.7 Å². The number of hydrogen-bond acceptors (Lipinski definition) is 7. The van der Waals surface area contributed by atoms with Crippen LogP contribution >= 0.6 is 0 Å². The summed E-state index contributed by atoms with van der Waals surface area (Å²) in [6, 6.07) is 7.54. The van der Waals surface area contributed by atoms with Crippen molar-refractivity contribution in [3.05, 3.63) is 60.5 Å². The highest BCUT2D eigenvalue weighted by Crippen LogP contribution is 2.40. The largest absolute Gasteiger partial charge is 0.369 e. The smallest absolute Gasteiger partial charge is 0.224 e. The van der Waals surface area contributed by atoms with E-state index in [-0.39, 0.29) is 17.0 Å².